The van der Waals surface area contributed by atoms with Crippen LogP contribution in [0.25, 0.3) is 0 Å². The first-order valence-electron chi connectivity index (χ1n) is 6.37. The molecule has 0 aromatic carbocycles. The fourth-order valence-corrected chi connectivity index (χ4v) is 1.42. The van der Waals surface area contributed by atoms with Crippen LogP contribution in [0.15, 0.2) is 5.11 Å². The molecule has 0 saturated heterocycles. The molecule has 0 rings (SSSR count). The quantitative estimate of drug-likeness (QED) is 0.312. The number of unbranched alkanes of at least 4 members (excludes halogenated alkanes) is 1. The lowest BCUT2D eigenvalue weighted by Crippen LogP contribution is -2.27. The van der Waals surface area contributed by atoms with Gasteiger partial charge in [0, 0.05) is 6.92 Å². The van der Waals surface area contributed by atoms with E-state index in [0.29, 0.717) is 11.3 Å². The molecule has 0 aliphatic heterocycles. The van der Waals surface area contributed by atoms with E-state index in [0.717, 1.165) is 12.8 Å². The van der Waals surface area contributed by atoms with Crippen LogP contribution in [0.2, 0.25) is 0 Å². The number of nitrogens with zero attached hydrogens (tertiary/aromatic N) is 2. The van der Waals surface area contributed by atoms with Gasteiger partial charge in [0.05, 0.1) is 0 Å². The zero-order valence-electron chi connectivity index (χ0n) is 11.6. The van der Waals surface area contributed by atoms with Gasteiger partial charge in [0.25, 0.3) is 0 Å². The lowest BCUT2D eigenvalue weighted by molar-refractivity contribution is -0.542. The van der Waals surface area contributed by atoms with Crippen LogP contribution in [0.4, 0.5) is 0 Å². The fourth-order valence-electron chi connectivity index (χ4n) is 1.42. The Morgan fingerprint density at radius 1 is 1.50 bits per heavy atom. The first-order valence-corrected chi connectivity index (χ1v) is 6.37. The molecule has 0 spiro atoms. The number of hydroxylamine groups is 1. The molecule has 6 heteroatoms. The summed E-state index contributed by atoms with van der Waals surface area (Å²) < 4.78 is 4.92. The number of hydrogen-bond donors (Lipinski definition) is 1. The van der Waals surface area contributed by atoms with Gasteiger partial charge in [-0.15, -0.1) is 0 Å². The summed E-state index contributed by atoms with van der Waals surface area (Å²) in [6.45, 7) is 6.66. The summed E-state index contributed by atoms with van der Waals surface area (Å²) in [6.07, 6.45) is 1.34. The van der Waals surface area contributed by atoms with Gasteiger partial charge in [-0.05, 0) is 25.4 Å². The third-order valence-corrected chi connectivity index (χ3v) is 2.60. The van der Waals surface area contributed by atoms with Crippen molar-refractivity contribution in [2.24, 2.45) is 5.11 Å². The monoisotopic (exact) mass is 260 g/mol. The van der Waals surface area contributed by atoms with E-state index in [1.807, 2.05) is 6.92 Å². The van der Waals surface area contributed by atoms with E-state index in [4.69, 9.17) is 4.74 Å². The van der Waals surface area contributed by atoms with Crippen molar-refractivity contribution in [2.75, 3.05) is 6.54 Å². The van der Waals surface area contributed by atoms with Crippen LogP contribution in [0.3, 0.4) is 0 Å². The van der Waals surface area contributed by atoms with Gasteiger partial charge < -0.3 is 15.1 Å². The Morgan fingerprint density at radius 2 is 2.11 bits per heavy atom. The van der Waals surface area contributed by atoms with Crippen LogP contribution >= 0.6 is 0 Å². The lowest BCUT2D eigenvalue weighted by atomic mass is 10.2. The Morgan fingerprint density at radius 3 is 2.61 bits per heavy atom. The van der Waals surface area contributed by atoms with Gasteiger partial charge in [-0.3, -0.25) is 4.79 Å². The van der Waals surface area contributed by atoms with E-state index in [1.54, 1.807) is 13.8 Å². The number of carbonyl (C=O) groups is 1. The number of esters is 1. The minimum absolute atomic E-state index is 0.0445. The summed E-state index contributed by atoms with van der Waals surface area (Å²) in [5.41, 5.74) is 0. The van der Waals surface area contributed by atoms with Crippen molar-refractivity contribution in [2.45, 2.75) is 65.2 Å². The van der Waals surface area contributed by atoms with Crippen LogP contribution in [0.5, 0.6) is 0 Å². The SMILES string of the molecule is CCCCC(O)C[N+]([O-])=N[C@H](C)[C@H](C)OC(C)=O. The van der Waals surface area contributed by atoms with Crippen molar-refractivity contribution < 1.29 is 19.5 Å². The first kappa shape index (κ1) is 16.8. The van der Waals surface area contributed by atoms with Gasteiger partial charge in [-0.25, -0.2) is 0 Å². The molecule has 0 amide bonds. The highest BCUT2D eigenvalue weighted by atomic mass is 16.5. The second-order valence-electron chi connectivity index (χ2n) is 4.50. The highest BCUT2D eigenvalue weighted by Gasteiger charge is 2.18. The molecule has 1 unspecified atom stereocenters. The summed E-state index contributed by atoms with van der Waals surface area (Å²) in [5.74, 6) is -0.398. The van der Waals surface area contributed by atoms with Gasteiger partial charge in [-0.2, -0.15) is 0 Å². The summed E-state index contributed by atoms with van der Waals surface area (Å²) in [5, 5.41) is 24.8. The summed E-state index contributed by atoms with van der Waals surface area (Å²) in [7, 11) is 0. The van der Waals surface area contributed by atoms with E-state index in [-0.39, 0.29) is 6.54 Å². The molecule has 0 saturated carbocycles. The molecular formula is C12H24N2O4. The second-order valence-corrected chi connectivity index (χ2v) is 4.50. The third kappa shape index (κ3) is 8.00. The molecule has 18 heavy (non-hydrogen) atoms. The zero-order valence-corrected chi connectivity index (χ0v) is 11.6. The summed E-state index contributed by atoms with van der Waals surface area (Å²) >= 11 is 0. The van der Waals surface area contributed by atoms with Crippen molar-refractivity contribution in [3.05, 3.63) is 5.21 Å². The molecule has 0 fully saturated rings. The van der Waals surface area contributed by atoms with Gasteiger partial charge in [-0.1, -0.05) is 24.6 Å². The average molecular weight is 260 g/mol. The van der Waals surface area contributed by atoms with E-state index in [2.05, 4.69) is 5.11 Å². The molecule has 1 N–H and O–H groups in total. The van der Waals surface area contributed by atoms with E-state index >= 15 is 0 Å². The molecule has 0 aromatic heterocycles. The van der Waals surface area contributed by atoms with Gasteiger partial charge in [0.1, 0.15) is 18.2 Å². The second kappa shape index (κ2) is 8.85. The number of azo groups is 1. The maximum Gasteiger partial charge on any atom is 0.302 e. The number of rotatable bonds is 8. The third-order valence-electron chi connectivity index (χ3n) is 2.60. The fraction of sp³-hybridized carbons (Fsp3) is 0.917. The van der Waals surface area contributed by atoms with Crippen LogP contribution in [0, 0.1) is 5.21 Å². The van der Waals surface area contributed by atoms with Crippen molar-refractivity contribution >= 4 is 5.97 Å². The highest BCUT2D eigenvalue weighted by Crippen LogP contribution is 2.05. The minimum Gasteiger partial charge on any atom is -0.600 e. The molecule has 106 valence electrons. The Hall–Kier alpha value is -1.17. The molecule has 3 atom stereocenters. The Bertz CT molecular complexity index is 281. The van der Waals surface area contributed by atoms with Crippen LogP contribution in [-0.4, -0.2) is 40.7 Å². The van der Waals surface area contributed by atoms with E-state index in [1.165, 1.54) is 6.92 Å². The summed E-state index contributed by atoms with van der Waals surface area (Å²) in [4.78, 5) is 11.2. The van der Waals surface area contributed by atoms with Crippen LogP contribution < -0.4 is 0 Å². The van der Waals surface area contributed by atoms with E-state index < -0.39 is 24.2 Å². The van der Waals surface area contributed by atoms with Crippen molar-refractivity contribution in [1.82, 2.24) is 0 Å². The van der Waals surface area contributed by atoms with Gasteiger partial charge >= 0.3 is 5.97 Å². The number of ether oxygens (including phenoxy) is 1. The first-order chi connectivity index (χ1) is 8.36. The predicted octanol–water partition coefficient (Wildman–Crippen LogP) is 1.84. The Kier molecular flexibility index (Phi) is 8.28. The summed E-state index contributed by atoms with van der Waals surface area (Å²) in [6, 6.07) is -0.426. The lowest BCUT2D eigenvalue weighted by Gasteiger charge is -2.15. The van der Waals surface area contributed by atoms with Crippen molar-refractivity contribution in [3.8, 4) is 0 Å². The number of aliphatic hydroxyl groups excluding tert-OH is 1. The van der Waals surface area contributed by atoms with Crippen LogP contribution in [-0.2, 0) is 9.53 Å². The smallest absolute Gasteiger partial charge is 0.302 e. The molecule has 0 aromatic rings. The minimum atomic E-state index is -0.664. The zero-order chi connectivity index (χ0) is 14.1. The average Bonchev–Trinajstić information content (AvgIpc) is 2.24. The molecule has 0 heterocycles. The topological polar surface area (TPSA) is 85.0 Å². The Labute approximate surface area is 108 Å². The van der Waals surface area contributed by atoms with Crippen LogP contribution in [0.1, 0.15) is 47.0 Å². The molecule has 0 bridgehead atoms. The number of carbonyl (C=O) groups excluding carboxylic acids is 1. The molecule has 0 aliphatic rings. The number of hydrogen-bond acceptors (Lipinski definition) is 5. The van der Waals surface area contributed by atoms with E-state index in [9.17, 15) is 15.1 Å². The normalized spacial score (nSPS) is 17.1. The molecule has 0 aliphatic carbocycles. The molecular weight excluding hydrogens is 236 g/mol. The highest BCUT2D eigenvalue weighted by molar-refractivity contribution is 5.66. The maximum absolute atomic E-state index is 11.5. The predicted molar refractivity (Wildman–Crippen MR) is 67.1 cm³/mol. The maximum atomic E-state index is 11.5. The number of aliphatic hydroxyl groups is 1. The molecule has 6 nitrogen and oxygen atoms in total. The van der Waals surface area contributed by atoms with Gasteiger partial charge in [0.2, 0.25) is 6.54 Å². The standard InChI is InChI=1S/C12H24N2O4/c1-5-6-7-12(16)8-14(17)13-9(2)10(3)18-11(4)15/h9-10,12,16H,5-8H2,1-4H3/t9-,10+,12?/m1/s1. The molecule has 0 radical (unpaired) electrons. The van der Waals surface area contributed by atoms with Gasteiger partial charge in [0.15, 0.2) is 0 Å². The Balaban J connectivity index is 4.17. The largest absolute Gasteiger partial charge is 0.600 e. The van der Waals surface area contributed by atoms with Crippen molar-refractivity contribution in [3.63, 3.8) is 0 Å². The van der Waals surface area contributed by atoms with Crippen molar-refractivity contribution in [1.29, 1.82) is 0 Å².